The Balaban J connectivity index is 1.50. The number of carbonyl (C=O) groups is 1. The summed E-state index contributed by atoms with van der Waals surface area (Å²) < 4.78 is 7.94. The van der Waals surface area contributed by atoms with E-state index in [9.17, 15) is 4.79 Å². The highest BCUT2D eigenvalue weighted by Crippen LogP contribution is 2.29. The van der Waals surface area contributed by atoms with Crippen LogP contribution in [0.3, 0.4) is 0 Å². The molecule has 2 aliphatic rings. The number of aromatic nitrogens is 2. The van der Waals surface area contributed by atoms with Crippen molar-refractivity contribution in [1.82, 2.24) is 14.7 Å². The summed E-state index contributed by atoms with van der Waals surface area (Å²) in [7, 11) is 0. The number of thiophene rings is 1. The van der Waals surface area contributed by atoms with Crippen LogP contribution in [0, 0.1) is 18.8 Å². The lowest BCUT2D eigenvalue weighted by atomic mass is 10.1. The Morgan fingerprint density at radius 3 is 2.88 bits per heavy atom. The molecule has 0 spiro atoms. The van der Waals surface area contributed by atoms with Crippen LogP contribution in [0.15, 0.2) is 23.7 Å². The summed E-state index contributed by atoms with van der Waals surface area (Å²) in [6.45, 7) is 5.73. The number of hydrogen-bond acceptors (Lipinski definition) is 4. The zero-order valence-corrected chi connectivity index (χ0v) is 14.8. The lowest BCUT2D eigenvalue weighted by Crippen LogP contribution is -2.35. The number of amides is 1. The van der Waals surface area contributed by atoms with Crippen molar-refractivity contribution in [2.24, 2.45) is 11.8 Å². The second-order valence-corrected chi connectivity index (χ2v) is 7.89. The fourth-order valence-electron chi connectivity index (χ4n) is 3.21. The number of fused-ring (bicyclic) bond motifs is 1. The molecule has 0 bridgehead atoms. The van der Waals surface area contributed by atoms with Gasteiger partial charge in [0.1, 0.15) is 0 Å². The van der Waals surface area contributed by atoms with Crippen LogP contribution in [0.25, 0.3) is 0 Å². The van der Waals surface area contributed by atoms with Gasteiger partial charge in [-0.25, -0.2) is 0 Å². The van der Waals surface area contributed by atoms with E-state index in [-0.39, 0.29) is 11.8 Å². The molecule has 2 aromatic rings. The summed E-state index contributed by atoms with van der Waals surface area (Å²) in [4.78, 5) is 15.8. The normalized spacial score (nSPS) is 20.7. The van der Waals surface area contributed by atoms with Gasteiger partial charge in [0, 0.05) is 31.8 Å². The molecule has 0 saturated heterocycles. The van der Waals surface area contributed by atoms with Gasteiger partial charge < -0.3 is 9.64 Å². The molecule has 2 aromatic heterocycles. The van der Waals surface area contributed by atoms with E-state index in [2.05, 4.69) is 5.10 Å². The smallest absolute Gasteiger partial charge is 0.264 e. The third kappa shape index (κ3) is 3.39. The first kappa shape index (κ1) is 15.8. The van der Waals surface area contributed by atoms with Crippen LogP contribution in [0.5, 0.6) is 0 Å². The summed E-state index contributed by atoms with van der Waals surface area (Å²) in [5.74, 6) is 1.18. The average molecular weight is 345 g/mol. The minimum atomic E-state index is 0.129. The maximum absolute atomic E-state index is 13.0. The summed E-state index contributed by atoms with van der Waals surface area (Å²) in [6.07, 6.45) is 4.42. The molecule has 128 valence electrons. The van der Waals surface area contributed by atoms with Crippen LogP contribution in [0.1, 0.15) is 33.8 Å². The van der Waals surface area contributed by atoms with E-state index in [1.807, 2.05) is 40.2 Å². The third-order valence-electron chi connectivity index (χ3n) is 4.81. The van der Waals surface area contributed by atoms with Crippen LogP contribution in [0.4, 0.5) is 0 Å². The van der Waals surface area contributed by atoms with Gasteiger partial charge in [-0.3, -0.25) is 9.48 Å². The lowest BCUT2D eigenvalue weighted by molar-refractivity contribution is 0.0571. The molecule has 5 nitrogen and oxygen atoms in total. The number of rotatable bonds is 5. The third-order valence-corrected chi connectivity index (χ3v) is 5.82. The Morgan fingerprint density at radius 2 is 2.12 bits per heavy atom. The highest BCUT2D eigenvalue weighted by Gasteiger charge is 2.28. The standard InChI is InChI=1S/C18H23N3O2S/c1-13-5-7-24-17(13)18(22)20-8-15(12-23-11-14-2-3-14)9-21-16(10-20)4-6-19-21/h4-7,14-15H,2-3,8-12H2,1H3/t15-/m0/s1. The van der Waals surface area contributed by atoms with Gasteiger partial charge in [0.05, 0.1) is 23.7 Å². The van der Waals surface area contributed by atoms with Crippen LogP contribution in [0.2, 0.25) is 0 Å². The van der Waals surface area contributed by atoms with E-state index in [4.69, 9.17) is 4.74 Å². The van der Waals surface area contributed by atoms with Gasteiger partial charge in [-0.1, -0.05) is 0 Å². The summed E-state index contributed by atoms with van der Waals surface area (Å²) in [5.41, 5.74) is 2.16. The van der Waals surface area contributed by atoms with Gasteiger partial charge in [0.15, 0.2) is 0 Å². The first-order valence-corrected chi connectivity index (χ1v) is 9.50. The second-order valence-electron chi connectivity index (χ2n) is 6.97. The molecule has 1 saturated carbocycles. The van der Waals surface area contributed by atoms with E-state index >= 15 is 0 Å². The Kier molecular flexibility index (Phi) is 4.41. The first-order chi connectivity index (χ1) is 11.7. The molecule has 4 rings (SSSR count). The summed E-state index contributed by atoms with van der Waals surface area (Å²) in [5, 5.41) is 6.41. The first-order valence-electron chi connectivity index (χ1n) is 8.62. The highest BCUT2D eigenvalue weighted by atomic mass is 32.1. The summed E-state index contributed by atoms with van der Waals surface area (Å²) in [6, 6.07) is 4.02. The Morgan fingerprint density at radius 1 is 1.29 bits per heavy atom. The molecular formula is C18H23N3O2S. The molecule has 6 heteroatoms. The zero-order chi connectivity index (χ0) is 16.5. The van der Waals surface area contributed by atoms with E-state index in [1.165, 1.54) is 24.2 Å². The fraction of sp³-hybridized carbons (Fsp3) is 0.556. The molecule has 0 unspecified atom stereocenters. The molecule has 0 aromatic carbocycles. The van der Waals surface area contributed by atoms with Crippen molar-refractivity contribution < 1.29 is 9.53 Å². The van der Waals surface area contributed by atoms with E-state index < -0.39 is 0 Å². The van der Waals surface area contributed by atoms with Crippen molar-refractivity contribution in [2.45, 2.75) is 32.9 Å². The molecule has 1 aliphatic heterocycles. The van der Waals surface area contributed by atoms with E-state index in [1.54, 1.807) is 0 Å². The van der Waals surface area contributed by atoms with Crippen molar-refractivity contribution >= 4 is 17.2 Å². The molecule has 24 heavy (non-hydrogen) atoms. The van der Waals surface area contributed by atoms with Gasteiger partial charge in [-0.2, -0.15) is 5.10 Å². The number of nitrogens with zero attached hydrogens (tertiary/aromatic N) is 3. The highest BCUT2D eigenvalue weighted by molar-refractivity contribution is 7.12. The number of hydrogen-bond donors (Lipinski definition) is 0. The van der Waals surface area contributed by atoms with Gasteiger partial charge >= 0.3 is 0 Å². The van der Waals surface area contributed by atoms with E-state index in [0.717, 1.165) is 41.7 Å². The SMILES string of the molecule is Cc1ccsc1C(=O)N1Cc2ccnn2C[C@@H](COCC2CC2)C1. The summed E-state index contributed by atoms with van der Waals surface area (Å²) >= 11 is 1.53. The van der Waals surface area contributed by atoms with Gasteiger partial charge in [0.25, 0.3) is 5.91 Å². The molecule has 1 aliphatic carbocycles. The van der Waals surface area contributed by atoms with Crippen LogP contribution < -0.4 is 0 Å². The minimum Gasteiger partial charge on any atom is -0.381 e. The lowest BCUT2D eigenvalue weighted by Gasteiger charge is -2.24. The van der Waals surface area contributed by atoms with Crippen molar-refractivity contribution in [2.75, 3.05) is 19.8 Å². The van der Waals surface area contributed by atoms with Crippen LogP contribution in [-0.2, 0) is 17.8 Å². The predicted octanol–water partition coefficient (Wildman–Crippen LogP) is 2.95. The van der Waals surface area contributed by atoms with Crippen LogP contribution >= 0.6 is 11.3 Å². The zero-order valence-electron chi connectivity index (χ0n) is 14.0. The average Bonchev–Trinajstić information content (AvgIpc) is 3.19. The van der Waals surface area contributed by atoms with Crippen LogP contribution in [-0.4, -0.2) is 40.3 Å². The number of aryl methyl sites for hydroxylation is 1. The van der Waals surface area contributed by atoms with Crippen molar-refractivity contribution in [3.63, 3.8) is 0 Å². The van der Waals surface area contributed by atoms with Gasteiger partial charge in [-0.05, 0) is 48.8 Å². The molecule has 1 atom stereocenters. The number of carbonyl (C=O) groups excluding carboxylic acids is 1. The minimum absolute atomic E-state index is 0.129. The predicted molar refractivity (Wildman–Crippen MR) is 93.1 cm³/mol. The largest absolute Gasteiger partial charge is 0.381 e. The van der Waals surface area contributed by atoms with Crippen molar-refractivity contribution in [3.8, 4) is 0 Å². The Bertz CT molecular complexity index is 719. The molecule has 0 N–H and O–H groups in total. The van der Waals surface area contributed by atoms with Crippen molar-refractivity contribution in [3.05, 3.63) is 39.8 Å². The molecule has 0 radical (unpaired) electrons. The maximum atomic E-state index is 13.0. The van der Waals surface area contributed by atoms with Crippen molar-refractivity contribution in [1.29, 1.82) is 0 Å². The maximum Gasteiger partial charge on any atom is 0.264 e. The Labute approximate surface area is 146 Å². The quantitative estimate of drug-likeness (QED) is 0.837. The van der Waals surface area contributed by atoms with Gasteiger partial charge in [-0.15, -0.1) is 11.3 Å². The van der Waals surface area contributed by atoms with E-state index in [0.29, 0.717) is 13.2 Å². The molecule has 1 amide bonds. The van der Waals surface area contributed by atoms with Gasteiger partial charge in [0.2, 0.25) is 0 Å². The fourth-order valence-corrected chi connectivity index (χ4v) is 4.11. The number of ether oxygens (including phenoxy) is 1. The topological polar surface area (TPSA) is 47.4 Å². The molecule has 3 heterocycles. The second kappa shape index (κ2) is 6.69. The Hall–Kier alpha value is -1.66. The molecular weight excluding hydrogens is 322 g/mol. The molecule has 1 fully saturated rings. The monoisotopic (exact) mass is 345 g/mol.